The Bertz CT molecular complexity index is 990. The first-order chi connectivity index (χ1) is 12.1. The smallest absolute Gasteiger partial charge is 0.136 e. The Morgan fingerprint density at radius 1 is 1.40 bits per heavy atom. The number of aromatic amines is 1. The first kappa shape index (κ1) is 15.9. The summed E-state index contributed by atoms with van der Waals surface area (Å²) in [6.45, 7) is 2.11. The van der Waals surface area contributed by atoms with Crippen LogP contribution >= 0.6 is 0 Å². The SMILES string of the molecule is C[C@@H]1C[C@H](O)CCC1Nc1ncc(C#N)c2[nH]c3ccc(F)cc3c12. The molecule has 25 heavy (non-hydrogen) atoms. The molecule has 3 N–H and O–H groups in total. The molecule has 1 saturated carbocycles. The van der Waals surface area contributed by atoms with Crippen molar-refractivity contribution in [1.82, 2.24) is 9.97 Å². The summed E-state index contributed by atoms with van der Waals surface area (Å²) in [5, 5.41) is 24.1. The third kappa shape index (κ3) is 2.71. The average molecular weight is 338 g/mol. The molecule has 1 aliphatic carbocycles. The lowest BCUT2D eigenvalue weighted by Crippen LogP contribution is -2.35. The number of rotatable bonds is 2. The Morgan fingerprint density at radius 3 is 3.00 bits per heavy atom. The Kier molecular flexibility index (Phi) is 3.81. The molecule has 3 aromatic rings. The Hall–Kier alpha value is -2.65. The summed E-state index contributed by atoms with van der Waals surface area (Å²) in [5.74, 6) is 0.633. The van der Waals surface area contributed by atoms with Gasteiger partial charge in [0.1, 0.15) is 17.7 Å². The summed E-state index contributed by atoms with van der Waals surface area (Å²) in [7, 11) is 0. The number of aliphatic hydroxyl groups excluding tert-OH is 1. The third-order valence-corrected chi connectivity index (χ3v) is 5.17. The van der Waals surface area contributed by atoms with E-state index in [-0.39, 0.29) is 18.0 Å². The van der Waals surface area contributed by atoms with Crippen LogP contribution in [-0.2, 0) is 0 Å². The molecular weight excluding hydrogens is 319 g/mol. The predicted molar refractivity (Wildman–Crippen MR) is 94.7 cm³/mol. The van der Waals surface area contributed by atoms with Crippen LogP contribution < -0.4 is 5.32 Å². The Morgan fingerprint density at radius 2 is 2.24 bits per heavy atom. The molecule has 0 aliphatic heterocycles. The molecular formula is C19H19FN4O. The zero-order valence-electron chi connectivity index (χ0n) is 13.9. The fraction of sp³-hybridized carbons (Fsp3) is 0.368. The molecule has 0 amide bonds. The van der Waals surface area contributed by atoms with Gasteiger partial charge in [-0.15, -0.1) is 0 Å². The minimum Gasteiger partial charge on any atom is -0.393 e. The molecule has 128 valence electrons. The number of aromatic nitrogens is 2. The summed E-state index contributed by atoms with van der Waals surface area (Å²) >= 11 is 0. The molecule has 1 aliphatic rings. The average Bonchev–Trinajstić information content (AvgIpc) is 2.96. The first-order valence-corrected chi connectivity index (χ1v) is 8.51. The van der Waals surface area contributed by atoms with Crippen LogP contribution in [0.15, 0.2) is 24.4 Å². The number of benzene rings is 1. The van der Waals surface area contributed by atoms with Gasteiger partial charge in [-0.1, -0.05) is 6.92 Å². The quantitative estimate of drug-likeness (QED) is 0.665. The number of hydrogen-bond acceptors (Lipinski definition) is 4. The Balaban J connectivity index is 1.85. The lowest BCUT2D eigenvalue weighted by atomic mass is 9.84. The molecule has 3 atom stereocenters. The van der Waals surface area contributed by atoms with Crippen molar-refractivity contribution in [2.45, 2.75) is 38.3 Å². The number of H-pyrrole nitrogens is 1. The zero-order valence-corrected chi connectivity index (χ0v) is 13.9. The monoisotopic (exact) mass is 338 g/mol. The van der Waals surface area contributed by atoms with E-state index in [1.165, 1.54) is 12.1 Å². The van der Waals surface area contributed by atoms with Gasteiger partial charge in [-0.2, -0.15) is 5.26 Å². The number of aliphatic hydroxyl groups is 1. The lowest BCUT2D eigenvalue weighted by Gasteiger charge is -2.32. The maximum atomic E-state index is 13.8. The van der Waals surface area contributed by atoms with E-state index in [2.05, 4.69) is 28.3 Å². The van der Waals surface area contributed by atoms with E-state index in [4.69, 9.17) is 0 Å². The van der Waals surface area contributed by atoms with Gasteiger partial charge >= 0.3 is 0 Å². The van der Waals surface area contributed by atoms with Crippen molar-refractivity contribution in [2.75, 3.05) is 5.32 Å². The fourth-order valence-electron chi connectivity index (χ4n) is 3.82. The van der Waals surface area contributed by atoms with E-state index < -0.39 is 0 Å². The van der Waals surface area contributed by atoms with E-state index in [9.17, 15) is 14.8 Å². The lowest BCUT2D eigenvalue weighted by molar-refractivity contribution is 0.0999. The van der Waals surface area contributed by atoms with Gasteiger partial charge in [-0.3, -0.25) is 0 Å². The minimum atomic E-state index is -0.323. The first-order valence-electron chi connectivity index (χ1n) is 8.51. The van der Waals surface area contributed by atoms with Crippen molar-refractivity contribution in [1.29, 1.82) is 5.26 Å². The molecule has 0 saturated heterocycles. The molecule has 1 unspecified atom stereocenters. The molecule has 4 rings (SSSR count). The molecule has 2 aromatic heterocycles. The highest BCUT2D eigenvalue weighted by Gasteiger charge is 2.27. The number of pyridine rings is 1. The van der Waals surface area contributed by atoms with Crippen LogP contribution in [-0.4, -0.2) is 27.2 Å². The van der Waals surface area contributed by atoms with Crippen LogP contribution in [0.2, 0.25) is 0 Å². The molecule has 0 spiro atoms. The highest BCUT2D eigenvalue weighted by molar-refractivity contribution is 6.13. The van der Waals surface area contributed by atoms with E-state index in [0.717, 1.165) is 30.2 Å². The fourth-order valence-corrected chi connectivity index (χ4v) is 3.82. The van der Waals surface area contributed by atoms with Crippen molar-refractivity contribution < 1.29 is 9.50 Å². The highest BCUT2D eigenvalue weighted by Crippen LogP contribution is 2.35. The molecule has 2 heterocycles. The highest BCUT2D eigenvalue weighted by atomic mass is 19.1. The maximum Gasteiger partial charge on any atom is 0.136 e. The van der Waals surface area contributed by atoms with Gasteiger partial charge < -0.3 is 15.4 Å². The topological polar surface area (TPSA) is 84.7 Å². The predicted octanol–water partition coefficient (Wildman–Crippen LogP) is 3.69. The summed E-state index contributed by atoms with van der Waals surface area (Å²) < 4.78 is 13.8. The van der Waals surface area contributed by atoms with Gasteiger partial charge in [0.25, 0.3) is 0 Å². The van der Waals surface area contributed by atoms with Gasteiger partial charge in [0.2, 0.25) is 0 Å². The molecule has 6 heteroatoms. The van der Waals surface area contributed by atoms with Crippen molar-refractivity contribution >= 4 is 27.6 Å². The molecule has 5 nitrogen and oxygen atoms in total. The molecule has 0 radical (unpaired) electrons. The second kappa shape index (κ2) is 6.01. The number of halogens is 1. The summed E-state index contributed by atoms with van der Waals surface area (Å²) in [5.41, 5.74) is 1.88. The largest absolute Gasteiger partial charge is 0.393 e. The summed E-state index contributed by atoms with van der Waals surface area (Å²) in [4.78, 5) is 7.65. The number of fused-ring (bicyclic) bond motifs is 3. The van der Waals surface area contributed by atoms with Crippen LogP contribution in [0.4, 0.5) is 10.2 Å². The number of nitrogens with one attached hydrogen (secondary N) is 2. The van der Waals surface area contributed by atoms with E-state index in [0.29, 0.717) is 28.2 Å². The van der Waals surface area contributed by atoms with Crippen LogP contribution in [0.3, 0.4) is 0 Å². The van der Waals surface area contributed by atoms with Crippen molar-refractivity contribution in [2.24, 2.45) is 5.92 Å². The standard InChI is InChI=1S/C19H19FN4O/c1-10-6-13(25)3-5-15(10)24-19-17-14-7-12(20)2-4-16(14)23-18(17)11(8-21)9-22-19/h2,4,7,9-10,13,15,23,25H,3,5-6H2,1H3,(H,22,24)/t10-,13-,15?/m1/s1. The van der Waals surface area contributed by atoms with Gasteiger partial charge in [-0.25, -0.2) is 9.37 Å². The Labute approximate surface area is 144 Å². The van der Waals surface area contributed by atoms with Crippen LogP contribution in [0.5, 0.6) is 0 Å². The van der Waals surface area contributed by atoms with Gasteiger partial charge in [0.15, 0.2) is 0 Å². The van der Waals surface area contributed by atoms with Gasteiger partial charge in [0.05, 0.1) is 22.6 Å². The maximum absolute atomic E-state index is 13.8. The summed E-state index contributed by atoms with van der Waals surface area (Å²) in [6.07, 6.45) is 3.65. The van der Waals surface area contributed by atoms with E-state index in [1.54, 1.807) is 12.3 Å². The normalized spacial score (nSPS) is 23.7. The second-order valence-electron chi connectivity index (χ2n) is 6.89. The number of anilines is 1. The zero-order chi connectivity index (χ0) is 17.6. The molecule has 1 fully saturated rings. The van der Waals surface area contributed by atoms with Crippen LogP contribution in [0, 0.1) is 23.1 Å². The van der Waals surface area contributed by atoms with Gasteiger partial charge in [-0.05, 0) is 43.4 Å². The molecule has 1 aromatic carbocycles. The minimum absolute atomic E-state index is 0.186. The van der Waals surface area contributed by atoms with Crippen molar-refractivity contribution in [3.8, 4) is 6.07 Å². The van der Waals surface area contributed by atoms with E-state index >= 15 is 0 Å². The number of hydrogen-bond donors (Lipinski definition) is 3. The summed E-state index contributed by atoms with van der Waals surface area (Å²) in [6, 6.07) is 6.87. The van der Waals surface area contributed by atoms with Crippen molar-refractivity contribution in [3.63, 3.8) is 0 Å². The van der Waals surface area contributed by atoms with E-state index in [1.807, 2.05) is 0 Å². The number of nitriles is 1. The van der Waals surface area contributed by atoms with Crippen LogP contribution in [0.1, 0.15) is 31.7 Å². The number of nitrogens with zero attached hydrogens (tertiary/aromatic N) is 2. The van der Waals surface area contributed by atoms with Crippen molar-refractivity contribution in [3.05, 3.63) is 35.8 Å². The second-order valence-corrected chi connectivity index (χ2v) is 6.89. The van der Waals surface area contributed by atoms with Crippen LogP contribution in [0.25, 0.3) is 21.8 Å². The molecule has 0 bridgehead atoms. The third-order valence-electron chi connectivity index (χ3n) is 5.17. The van der Waals surface area contributed by atoms with Gasteiger partial charge in [0, 0.05) is 23.1 Å².